The predicted octanol–water partition coefficient (Wildman–Crippen LogP) is 1.68. The fraction of sp³-hybridized carbons (Fsp3) is 0.389. The number of nitrogens with one attached hydrogen (secondary N) is 1. The van der Waals surface area contributed by atoms with Gasteiger partial charge in [0, 0.05) is 37.1 Å². The lowest BCUT2D eigenvalue weighted by Crippen LogP contribution is -2.35. The Labute approximate surface area is 165 Å². The minimum atomic E-state index is -1.00. The number of nitrogens with zero attached hydrogens (tertiary/aromatic N) is 4. The molecule has 4 rings (SSSR count). The Morgan fingerprint density at radius 1 is 1.21 bits per heavy atom. The van der Waals surface area contributed by atoms with E-state index in [1.54, 1.807) is 29.3 Å². The van der Waals surface area contributed by atoms with Gasteiger partial charge in [-0.1, -0.05) is 17.4 Å². The molecule has 4 heterocycles. The number of hydrogen-bond donors (Lipinski definition) is 2. The summed E-state index contributed by atoms with van der Waals surface area (Å²) in [5.41, 5.74) is 1.30. The fourth-order valence-corrected chi connectivity index (χ4v) is 4.46. The van der Waals surface area contributed by atoms with E-state index in [2.05, 4.69) is 15.3 Å². The van der Waals surface area contributed by atoms with E-state index in [1.165, 1.54) is 16.2 Å². The first-order chi connectivity index (χ1) is 13.5. The summed E-state index contributed by atoms with van der Waals surface area (Å²) in [6.45, 7) is 1.56. The molecule has 3 amide bonds. The van der Waals surface area contributed by atoms with Crippen LogP contribution in [-0.2, 0) is 17.8 Å². The van der Waals surface area contributed by atoms with Crippen LogP contribution in [0.2, 0.25) is 0 Å². The van der Waals surface area contributed by atoms with Gasteiger partial charge in [-0.25, -0.2) is 9.78 Å². The van der Waals surface area contributed by atoms with Crippen molar-refractivity contribution in [3.63, 3.8) is 0 Å². The quantitative estimate of drug-likeness (QED) is 0.808. The third kappa shape index (κ3) is 3.68. The van der Waals surface area contributed by atoms with Crippen molar-refractivity contribution in [2.24, 2.45) is 5.92 Å². The Balaban J connectivity index is 1.40. The van der Waals surface area contributed by atoms with Crippen LogP contribution in [0.1, 0.15) is 27.5 Å². The fourth-order valence-electron chi connectivity index (χ4n) is 3.43. The first-order valence-corrected chi connectivity index (χ1v) is 9.80. The number of hydrogen-bond acceptors (Lipinski definition) is 6. The monoisotopic (exact) mass is 401 g/mol. The summed E-state index contributed by atoms with van der Waals surface area (Å²) < 4.78 is 0. The highest BCUT2D eigenvalue weighted by Crippen LogP contribution is 2.29. The van der Waals surface area contributed by atoms with Gasteiger partial charge in [-0.15, -0.1) is 0 Å². The summed E-state index contributed by atoms with van der Waals surface area (Å²) in [6, 6.07) is 5.24. The van der Waals surface area contributed by atoms with E-state index in [0.29, 0.717) is 43.3 Å². The van der Waals surface area contributed by atoms with Gasteiger partial charge in [-0.05, 0) is 18.6 Å². The normalized spacial score (nSPS) is 18.6. The number of fused-ring (bicyclic) bond motifs is 1. The maximum absolute atomic E-state index is 12.6. The van der Waals surface area contributed by atoms with Gasteiger partial charge >= 0.3 is 6.09 Å². The number of thiazole rings is 1. The second-order valence-electron chi connectivity index (χ2n) is 6.78. The summed E-state index contributed by atoms with van der Waals surface area (Å²) in [4.78, 5) is 48.5. The van der Waals surface area contributed by atoms with Crippen molar-refractivity contribution in [1.29, 1.82) is 0 Å². The zero-order chi connectivity index (χ0) is 19.7. The highest BCUT2D eigenvalue weighted by atomic mass is 32.1. The minimum Gasteiger partial charge on any atom is -0.465 e. The molecule has 1 fully saturated rings. The van der Waals surface area contributed by atoms with Gasteiger partial charge in [0.25, 0.3) is 5.91 Å². The van der Waals surface area contributed by atoms with Crippen molar-refractivity contribution in [3.8, 4) is 0 Å². The van der Waals surface area contributed by atoms with E-state index in [4.69, 9.17) is 5.11 Å². The maximum Gasteiger partial charge on any atom is 0.407 e. The second-order valence-corrected chi connectivity index (χ2v) is 7.87. The number of carbonyl (C=O) groups is 3. The minimum absolute atomic E-state index is 0.120. The summed E-state index contributed by atoms with van der Waals surface area (Å²) >= 11 is 1.36. The van der Waals surface area contributed by atoms with Crippen molar-refractivity contribution in [1.82, 2.24) is 19.8 Å². The van der Waals surface area contributed by atoms with Gasteiger partial charge in [0.05, 0.1) is 18.2 Å². The number of aromatic nitrogens is 2. The van der Waals surface area contributed by atoms with Crippen molar-refractivity contribution >= 4 is 34.4 Å². The van der Waals surface area contributed by atoms with E-state index in [-0.39, 0.29) is 24.3 Å². The largest absolute Gasteiger partial charge is 0.465 e. The third-order valence-corrected chi connectivity index (χ3v) is 5.96. The highest BCUT2D eigenvalue weighted by Gasteiger charge is 2.32. The van der Waals surface area contributed by atoms with Crippen LogP contribution >= 0.6 is 11.3 Å². The number of likely N-dealkylation sites (tertiary alicyclic amines) is 1. The molecular weight excluding hydrogens is 382 g/mol. The van der Waals surface area contributed by atoms with Crippen LogP contribution in [0.15, 0.2) is 24.4 Å². The van der Waals surface area contributed by atoms with E-state index >= 15 is 0 Å². The lowest BCUT2D eigenvalue weighted by Gasteiger charge is -2.25. The highest BCUT2D eigenvalue weighted by molar-refractivity contribution is 7.15. The molecule has 1 saturated heterocycles. The van der Waals surface area contributed by atoms with Crippen LogP contribution in [0.5, 0.6) is 0 Å². The van der Waals surface area contributed by atoms with Crippen molar-refractivity contribution < 1.29 is 19.5 Å². The van der Waals surface area contributed by atoms with E-state index in [9.17, 15) is 14.4 Å². The number of pyridine rings is 1. The topological polar surface area (TPSA) is 116 Å². The summed E-state index contributed by atoms with van der Waals surface area (Å²) in [5, 5.41) is 12.3. The van der Waals surface area contributed by atoms with Gasteiger partial charge in [0.1, 0.15) is 5.69 Å². The molecule has 1 unspecified atom stereocenters. The molecule has 2 aromatic heterocycles. The van der Waals surface area contributed by atoms with Gasteiger partial charge in [-0.3, -0.25) is 14.6 Å². The molecule has 146 valence electrons. The Hall–Kier alpha value is -3.01. The van der Waals surface area contributed by atoms with E-state index in [0.717, 1.165) is 10.6 Å². The molecule has 9 nitrogen and oxygen atoms in total. The van der Waals surface area contributed by atoms with Gasteiger partial charge in [0.2, 0.25) is 5.91 Å². The molecule has 2 aliphatic heterocycles. The van der Waals surface area contributed by atoms with Crippen LogP contribution < -0.4 is 5.32 Å². The molecule has 0 radical (unpaired) electrons. The lowest BCUT2D eigenvalue weighted by atomic mass is 10.1. The Kier molecular flexibility index (Phi) is 4.95. The van der Waals surface area contributed by atoms with Crippen molar-refractivity contribution in [2.75, 3.05) is 25.0 Å². The second kappa shape index (κ2) is 7.55. The molecule has 0 aromatic carbocycles. The van der Waals surface area contributed by atoms with Crippen molar-refractivity contribution in [2.45, 2.75) is 19.4 Å². The molecule has 0 spiro atoms. The Morgan fingerprint density at radius 2 is 2.07 bits per heavy atom. The number of carboxylic acid groups (broad SMARTS) is 1. The zero-order valence-corrected chi connectivity index (χ0v) is 15.8. The zero-order valence-electron chi connectivity index (χ0n) is 15.0. The number of rotatable bonds is 3. The van der Waals surface area contributed by atoms with Crippen LogP contribution in [0.25, 0.3) is 0 Å². The van der Waals surface area contributed by atoms with Crippen LogP contribution in [0, 0.1) is 5.92 Å². The average Bonchev–Trinajstić information content (AvgIpc) is 3.34. The van der Waals surface area contributed by atoms with Crippen LogP contribution in [0.3, 0.4) is 0 Å². The smallest absolute Gasteiger partial charge is 0.407 e. The van der Waals surface area contributed by atoms with Crippen molar-refractivity contribution in [3.05, 3.63) is 40.7 Å². The predicted molar refractivity (Wildman–Crippen MR) is 101 cm³/mol. The first-order valence-electron chi connectivity index (χ1n) is 8.99. The third-order valence-electron chi connectivity index (χ3n) is 4.96. The molecule has 2 N–H and O–H groups in total. The Bertz CT molecular complexity index is 916. The van der Waals surface area contributed by atoms with Gasteiger partial charge in [0.15, 0.2) is 5.13 Å². The molecule has 2 aromatic rings. The van der Waals surface area contributed by atoms with E-state index in [1.807, 2.05) is 0 Å². The number of carbonyl (C=O) groups excluding carboxylic acids is 2. The molecule has 0 aliphatic carbocycles. The molecule has 10 heteroatoms. The lowest BCUT2D eigenvalue weighted by molar-refractivity contribution is -0.119. The summed E-state index contributed by atoms with van der Waals surface area (Å²) in [7, 11) is 0. The molecule has 1 atom stereocenters. The van der Waals surface area contributed by atoms with Gasteiger partial charge in [-0.2, -0.15) is 0 Å². The van der Waals surface area contributed by atoms with Crippen LogP contribution in [0.4, 0.5) is 9.93 Å². The summed E-state index contributed by atoms with van der Waals surface area (Å²) in [5.74, 6) is -0.694. The first kappa shape index (κ1) is 18.4. The van der Waals surface area contributed by atoms with Gasteiger partial charge < -0.3 is 20.2 Å². The molecular formula is C18H19N5O4S. The molecule has 28 heavy (non-hydrogen) atoms. The SMILES string of the molecule is O=C(Nc1nc2c(s1)CN(C(=O)c1ccccn1)CC2)C1CCN(C(=O)O)C1. The standard InChI is InChI=1S/C18H19N5O4S/c24-15(11-4-7-23(9-11)18(26)27)21-17-20-12-5-8-22(10-14(12)28-17)16(25)13-3-1-2-6-19-13/h1-3,6,11H,4-5,7-10H2,(H,26,27)(H,20,21,24). The molecule has 2 aliphatic rings. The maximum atomic E-state index is 12.6. The average molecular weight is 401 g/mol. The van der Waals surface area contributed by atoms with E-state index < -0.39 is 6.09 Å². The number of amides is 3. The Morgan fingerprint density at radius 3 is 2.79 bits per heavy atom. The number of anilines is 1. The molecule has 0 bridgehead atoms. The molecule has 0 saturated carbocycles. The van der Waals surface area contributed by atoms with Crippen LogP contribution in [-0.4, -0.2) is 62.4 Å². The summed E-state index contributed by atoms with van der Waals surface area (Å²) in [6.07, 6.45) is 1.72.